The van der Waals surface area contributed by atoms with E-state index in [2.05, 4.69) is 15.9 Å². The van der Waals surface area contributed by atoms with Crippen LogP contribution in [0.15, 0.2) is 46.9 Å². The number of aryl methyl sites for hydroxylation is 1. The highest BCUT2D eigenvalue weighted by Gasteiger charge is 2.16. The molecule has 2 rings (SSSR count). The van der Waals surface area contributed by atoms with Gasteiger partial charge in [0.15, 0.2) is 0 Å². The van der Waals surface area contributed by atoms with E-state index in [0.29, 0.717) is 11.1 Å². The van der Waals surface area contributed by atoms with E-state index >= 15 is 0 Å². The van der Waals surface area contributed by atoms with Crippen LogP contribution in [0.3, 0.4) is 0 Å². The summed E-state index contributed by atoms with van der Waals surface area (Å²) in [5, 5.41) is 10.2. The minimum atomic E-state index is -0.953. The first-order valence-corrected chi connectivity index (χ1v) is 6.07. The molecule has 1 N–H and O–H groups in total. The van der Waals surface area contributed by atoms with Crippen molar-refractivity contribution in [1.82, 2.24) is 0 Å². The van der Waals surface area contributed by atoms with Gasteiger partial charge < -0.3 is 5.11 Å². The van der Waals surface area contributed by atoms with Gasteiger partial charge in [-0.15, -0.1) is 0 Å². The Hall–Kier alpha value is -1.19. The fraction of sp³-hybridized carbons (Fsp3) is 0.143. The average Bonchev–Trinajstić information content (AvgIpc) is 2.32. The lowest BCUT2D eigenvalue weighted by Gasteiger charge is -2.14. The Morgan fingerprint density at radius 3 is 2.53 bits per heavy atom. The maximum absolute atomic E-state index is 13.6. The molecule has 0 aliphatic carbocycles. The van der Waals surface area contributed by atoms with E-state index in [1.807, 2.05) is 25.1 Å². The Labute approximate surface area is 108 Å². The molecule has 1 unspecified atom stereocenters. The summed E-state index contributed by atoms with van der Waals surface area (Å²) in [5.41, 5.74) is 1.99. The Morgan fingerprint density at radius 2 is 1.82 bits per heavy atom. The van der Waals surface area contributed by atoms with Gasteiger partial charge in [0.25, 0.3) is 0 Å². The van der Waals surface area contributed by atoms with Gasteiger partial charge in [0, 0.05) is 10.0 Å². The van der Waals surface area contributed by atoms with Gasteiger partial charge in [-0.3, -0.25) is 0 Å². The third-order valence-corrected chi connectivity index (χ3v) is 3.37. The van der Waals surface area contributed by atoms with Crippen LogP contribution in [-0.2, 0) is 0 Å². The first-order chi connectivity index (χ1) is 8.09. The first-order valence-electron chi connectivity index (χ1n) is 5.28. The van der Waals surface area contributed by atoms with E-state index in [-0.39, 0.29) is 0 Å². The highest BCUT2D eigenvalue weighted by atomic mass is 79.9. The van der Waals surface area contributed by atoms with Crippen molar-refractivity contribution < 1.29 is 9.50 Å². The van der Waals surface area contributed by atoms with Gasteiger partial charge in [0.1, 0.15) is 11.9 Å². The molecular formula is C14H12BrFO. The number of halogens is 2. The number of hydrogen-bond donors (Lipinski definition) is 1. The SMILES string of the molecule is Cc1ccc(Br)c(C(O)c2ccccc2F)c1. The third kappa shape index (κ3) is 2.56. The lowest BCUT2D eigenvalue weighted by atomic mass is 10.00. The maximum Gasteiger partial charge on any atom is 0.129 e. The van der Waals surface area contributed by atoms with Crippen LogP contribution >= 0.6 is 15.9 Å². The molecule has 0 aromatic heterocycles. The molecule has 0 radical (unpaired) electrons. The molecule has 0 fully saturated rings. The summed E-state index contributed by atoms with van der Waals surface area (Å²) >= 11 is 3.37. The van der Waals surface area contributed by atoms with Crippen LogP contribution in [0.4, 0.5) is 4.39 Å². The molecule has 0 heterocycles. The molecule has 3 heteroatoms. The van der Waals surface area contributed by atoms with E-state index in [4.69, 9.17) is 0 Å². The molecule has 17 heavy (non-hydrogen) atoms. The summed E-state index contributed by atoms with van der Waals surface area (Å²) in [6.07, 6.45) is -0.953. The van der Waals surface area contributed by atoms with Crippen LogP contribution in [-0.4, -0.2) is 5.11 Å². The van der Waals surface area contributed by atoms with Crippen molar-refractivity contribution in [3.8, 4) is 0 Å². The molecule has 0 saturated heterocycles. The fourth-order valence-corrected chi connectivity index (χ4v) is 2.20. The molecule has 0 amide bonds. The van der Waals surface area contributed by atoms with Crippen LogP contribution in [0.5, 0.6) is 0 Å². The largest absolute Gasteiger partial charge is 0.384 e. The molecule has 1 nitrogen and oxygen atoms in total. The molecule has 2 aromatic rings. The summed E-state index contributed by atoms with van der Waals surface area (Å²) in [6, 6.07) is 11.9. The van der Waals surface area contributed by atoms with Crippen molar-refractivity contribution in [2.75, 3.05) is 0 Å². The van der Waals surface area contributed by atoms with Crippen molar-refractivity contribution in [2.24, 2.45) is 0 Å². The standard InChI is InChI=1S/C14H12BrFO/c1-9-6-7-12(15)11(8-9)14(17)10-4-2-3-5-13(10)16/h2-8,14,17H,1H3. The van der Waals surface area contributed by atoms with Gasteiger partial charge in [-0.05, 0) is 24.6 Å². The van der Waals surface area contributed by atoms with Gasteiger partial charge in [-0.25, -0.2) is 4.39 Å². The normalized spacial score (nSPS) is 12.5. The van der Waals surface area contributed by atoms with Crippen molar-refractivity contribution in [1.29, 1.82) is 0 Å². The number of rotatable bonds is 2. The Balaban J connectivity index is 2.47. The summed E-state index contributed by atoms with van der Waals surface area (Å²) in [4.78, 5) is 0. The zero-order chi connectivity index (χ0) is 12.4. The molecule has 0 spiro atoms. The van der Waals surface area contributed by atoms with Crippen LogP contribution in [0.1, 0.15) is 22.8 Å². The molecule has 0 bridgehead atoms. The zero-order valence-electron chi connectivity index (χ0n) is 9.32. The summed E-state index contributed by atoms with van der Waals surface area (Å²) in [6.45, 7) is 1.93. The molecule has 1 atom stereocenters. The lowest BCUT2D eigenvalue weighted by Crippen LogP contribution is -2.03. The van der Waals surface area contributed by atoms with Gasteiger partial charge in [-0.1, -0.05) is 51.8 Å². The van der Waals surface area contributed by atoms with E-state index < -0.39 is 11.9 Å². The van der Waals surface area contributed by atoms with E-state index in [1.54, 1.807) is 18.2 Å². The number of benzene rings is 2. The van der Waals surface area contributed by atoms with Crippen LogP contribution < -0.4 is 0 Å². The number of hydrogen-bond acceptors (Lipinski definition) is 1. The third-order valence-electron chi connectivity index (χ3n) is 2.65. The van der Waals surface area contributed by atoms with E-state index in [1.165, 1.54) is 6.07 Å². The average molecular weight is 295 g/mol. The topological polar surface area (TPSA) is 20.2 Å². The predicted molar refractivity (Wildman–Crippen MR) is 69.3 cm³/mol. The van der Waals surface area contributed by atoms with Gasteiger partial charge >= 0.3 is 0 Å². The van der Waals surface area contributed by atoms with E-state index in [0.717, 1.165) is 10.0 Å². The van der Waals surface area contributed by atoms with Crippen LogP contribution in [0, 0.1) is 12.7 Å². The smallest absolute Gasteiger partial charge is 0.129 e. The summed E-state index contributed by atoms with van der Waals surface area (Å²) < 4.78 is 14.4. The minimum Gasteiger partial charge on any atom is -0.384 e. The molecule has 0 aliphatic heterocycles. The quantitative estimate of drug-likeness (QED) is 0.888. The molecule has 0 aliphatic rings. The number of aliphatic hydroxyl groups excluding tert-OH is 1. The molecular weight excluding hydrogens is 283 g/mol. The number of aliphatic hydroxyl groups is 1. The van der Waals surface area contributed by atoms with Crippen molar-refractivity contribution in [2.45, 2.75) is 13.0 Å². The predicted octanol–water partition coefficient (Wildman–Crippen LogP) is 3.98. The monoisotopic (exact) mass is 294 g/mol. The minimum absolute atomic E-state index is 0.291. The summed E-state index contributed by atoms with van der Waals surface area (Å²) in [5.74, 6) is -0.395. The highest BCUT2D eigenvalue weighted by molar-refractivity contribution is 9.10. The van der Waals surface area contributed by atoms with Crippen molar-refractivity contribution in [3.05, 3.63) is 69.4 Å². The Bertz CT molecular complexity index is 539. The summed E-state index contributed by atoms with van der Waals surface area (Å²) in [7, 11) is 0. The van der Waals surface area contributed by atoms with Crippen LogP contribution in [0.25, 0.3) is 0 Å². The zero-order valence-corrected chi connectivity index (χ0v) is 10.9. The van der Waals surface area contributed by atoms with Gasteiger partial charge in [-0.2, -0.15) is 0 Å². The second kappa shape index (κ2) is 4.98. The maximum atomic E-state index is 13.6. The second-order valence-electron chi connectivity index (χ2n) is 3.95. The second-order valence-corrected chi connectivity index (χ2v) is 4.80. The van der Waals surface area contributed by atoms with Crippen molar-refractivity contribution in [3.63, 3.8) is 0 Å². The van der Waals surface area contributed by atoms with Gasteiger partial charge in [0.2, 0.25) is 0 Å². The first kappa shape index (κ1) is 12.3. The molecule has 0 saturated carbocycles. The van der Waals surface area contributed by atoms with Crippen LogP contribution in [0.2, 0.25) is 0 Å². The Kier molecular flexibility index (Phi) is 3.60. The lowest BCUT2D eigenvalue weighted by molar-refractivity contribution is 0.214. The van der Waals surface area contributed by atoms with E-state index in [9.17, 15) is 9.50 Å². The molecule has 88 valence electrons. The Morgan fingerprint density at radius 1 is 1.12 bits per heavy atom. The van der Waals surface area contributed by atoms with Gasteiger partial charge in [0.05, 0.1) is 0 Å². The molecule has 2 aromatic carbocycles. The van der Waals surface area contributed by atoms with Crippen molar-refractivity contribution >= 4 is 15.9 Å². The fourth-order valence-electron chi connectivity index (χ4n) is 1.74. The highest BCUT2D eigenvalue weighted by Crippen LogP contribution is 2.30.